The number of benzene rings is 1. The first-order valence-electron chi connectivity index (χ1n) is 7.52. The molecule has 4 nitrogen and oxygen atoms in total. The van der Waals surface area contributed by atoms with Crippen LogP contribution < -0.4 is 10.7 Å². The SMILES string of the molecule is COCCNCc1cn(-c2cc(C)ccc2C)c(C)cc1=O. The molecular formula is C18H24N2O2. The molecule has 1 aromatic heterocycles. The molecule has 0 radical (unpaired) electrons. The summed E-state index contributed by atoms with van der Waals surface area (Å²) in [4.78, 5) is 12.2. The summed E-state index contributed by atoms with van der Waals surface area (Å²) >= 11 is 0. The minimum Gasteiger partial charge on any atom is -0.383 e. The minimum absolute atomic E-state index is 0.0731. The molecule has 2 rings (SSSR count). The molecule has 0 unspecified atom stereocenters. The Bertz CT molecular complexity index is 705. The molecule has 4 heteroatoms. The average Bonchev–Trinajstić information content (AvgIpc) is 2.48. The lowest BCUT2D eigenvalue weighted by atomic mass is 10.1. The van der Waals surface area contributed by atoms with Crippen molar-refractivity contribution in [1.82, 2.24) is 9.88 Å². The van der Waals surface area contributed by atoms with E-state index in [0.717, 1.165) is 23.5 Å². The molecule has 2 aromatic rings. The van der Waals surface area contributed by atoms with Gasteiger partial charge in [0.05, 0.1) is 6.61 Å². The van der Waals surface area contributed by atoms with E-state index < -0.39 is 0 Å². The number of aromatic nitrogens is 1. The van der Waals surface area contributed by atoms with Gasteiger partial charge in [-0.15, -0.1) is 0 Å². The third kappa shape index (κ3) is 3.84. The summed E-state index contributed by atoms with van der Waals surface area (Å²) in [5, 5.41) is 3.23. The lowest BCUT2D eigenvalue weighted by Gasteiger charge is -2.16. The Kier molecular flexibility index (Phi) is 5.52. The van der Waals surface area contributed by atoms with Crippen molar-refractivity contribution in [3.05, 3.63) is 63.1 Å². The molecule has 1 N–H and O–H groups in total. The lowest BCUT2D eigenvalue weighted by molar-refractivity contribution is 0.199. The molecule has 1 aromatic carbocycles. The van der Waals surface area contributed by atoms with E-state index in [1.54, 1.807) is 13.2 Å². The van der Waals surface area contributed by atoms with Gasteiger partial charge in [-0.1, -0.05) is 12.1 Å². The van der Waals surface area contributed by atoms with Crippen LogP contribution in [0.5, 0.6) is 0 Å². The summed E-state index contributed by atoms with van der Waals surface area (Å²) in [5.41, 5.74) is 5.30. The van der Waals surface area contributed by atoms with Crippen molar-refractivity contribution >= 4 is 0 Å². The Morgan fingerprint density at radius 2 is 1.95 bits per heavy atom. The first-order valence-corrected chi connectivity index (χ1v) is 7.52. The van der Waals surface area contributed by atoms with Crippen LogP contribution in [0.2, 0.25) is 0 Å². The van der Waals surface area contributed by atoms with Gasteiger partial charge in [0.25, 0.3) is 0 Å². The fraction of sp³-hybridized carbons (Fsp3) is 0.389. The first-order chi connectivity index (χ1) is 10.5. The molecule has 0 spiro atoms. The highest BCUT2D eigenvalue weighted by Crippen LogP contribution is 2.17. The van der Waals surface area contributed by atoms with Crippen molar-refractivity contribution in [2.24, 2.45) is 0 Å². The van der Waals surface area contributed by atoms with Crippen molar-refractivity contribution in [2.75, 3.05) is 20.3 Å². The summed E-state index contributed by atoms with van der Waals surface area (Å²) in [6.45, 7) is 8.04. The van der Waals surface area contributed by atoms with Gasteiger partial charge in [0.15, 0.2) is 5.43 Å². The van der Waals surface area contributed by atoms with E-state index >= 15 is 0 Å². The van der Waals surface area contributed by atoms with Gasteiger partial charge >= 0.3 is 0 Å². The van der Waals surface area contributed by atoms with Crippen LogP contribution in [0, 0.1) is 20.8 Å². The molecule has 0 aliphatic heterocycles. The van der Waals surface area contributed by atoms with Crippen molar-refractivity contribution in [1.29, 1.82) is 0 Å². The first kappa shape index (κ1) is 16.5. The second-order valence-electron chi connectivity index (χ2n) is 5.63. The number of hydrogen-bond donors (Lipinski definition) is 1. The van der Waals surface area contributed by atoms with Crippen molar-refractivity contribution < 1.29 is 4.74 Å². The number of nitrogens with zero attached hydrogens (tertiary/aromatic N) is 1. The van der Waals surface area contributed by atoms with E-state index in [-0.39, 0.29) is 5.43 Å². The van der Waals surface area contributed by atoms with Crippen molar-refractivity contribution in [3.63, 3.8) is 0 Å². The molecule has 0 aliphatic carbocycles. The fourth-order valence-corrected chi connectivity index (χ4v) is 2.44. The summed E-state index contributed by atoms with van der Waals surface area (Å²) in [6.07, 6.45) is 1.94. The van der Waals surface area contributed by atoms with E-state index in [0.29, 0.717) is 13.2 Å². The lowest BCUT2D eigenvalue weighted by Crippen LogP contribution is -2.24. The second-order valence-corrected chi connectivity index (χ2v) is 5.63. The Hall–Kier alpha value is -1.91. The number of rotatable bonds is 6. The largest absolute Gasteiger partial charge is 0.383 e. The topological polar surface area (TPSA) is 43.3 Å². The molecule has 22 heavy (non-hydrogen) atoms. The van der Waals surface area contributed by atoms with Crippen molar-refractivity contribution in [3.8, 4) is 5.69 Å². The normalized spacial score (nSPS) is 10.9. The third-order valence-electron chi connectivity index (χ3n) is 3.74. The van der Waals surface area contributed by atoms with Gasteiger partial charge in [-0.05, 0) is 38.0 Å². The fourth-order valence-electron chi connectivity index (χ4n) is 2.44. The summed E-state index contributed by atoms with van der Waals surface area (Å²) in [5.74, 6) is 0. The van der Waals surface area contributed by atoms with Gasteiger partial charge in [-0.3, -0.25) is 4.79 Å². The van der Waals surface area contributed by atoms with Crippen LogP contribution in [0.15, 0.2) is 35.3 Å². The highest BCUT2D eigenvalue weighted by molar-refractivity contribution is 5.45. The number of pyridine rings is 1. The molecule has 118 valence electrons. The number of methoxy groups -OCH3 is 1. The van der Waals surface area contributed by atoms with Gasteiger partial charge in [0.2, 0.25) is 0 Å². The monoisotopic (exact) mass is 300 g/mol. The molecule has 0 aliphatic rings. The van der Waals surface area contributed by atoms with E-state index in [9.17, 15) is 4.79 Å². The molecule has 0 amide bonds. The quantitative estimate of drug-likeness (QED) is 0.834. The molecule has 1 heterocycles. The summed E-state index contributed by atoms with van der Waals surface area (Å²) in [7, 11) is 1.67. The van der Waals surface area contributed by atoms with Crippen LogP contribution in [0.1, 0.15) is 22.4 Å². The maximum atomic E-state index is 12.2. The van der Waals surface area contributed by atoms with E-state index in [4.69, 9.17) is 4.74 Å². The highest BCUT2D eigenvalue weighted by atomic mass is 16.5. The smallest absolute Gasteiger partial charge is 0.186 e. The van der Waals surface area contributed by atoms with Crippen LogP contribution in [-0.4, -0.2) is 24.8 Å². The number of hydrogen-bond acceptors (Lipinski definition) is 3. The van der Waals surface area contributed by atoms with E-state index in [2.05, 4.69) is 41.9 Å². The number of ether oxygens (including phenoxy) is 1. The molecule has 0 saturated heterocycles. The van der Waals surface area contributed by atoms with Crippen molar-refractivity contribution in [2.45, 2.75) is 27.3 Å². The Morgan fingerprint density at radius 3 is 2.68 bits per heavy atom. The van der Waals surface area contributed by atoms with E-state index in [1.165, 1.54) is 11.1 Å². The Morgan fingerprint density at radius 1 is 1.18 bits per heavy atom. The van der Waals surface area contributed by atoms with Gasteiger partial charge in [0, 0.05) is 49.4 Å². The molecule has 0 atom stereocenters. The molecular weight excluding hydrogens is 276 g/mol. The zero-order valence-corrected chi connectivity index (χ0v) is 13.8. The molecule has 0 fully saturated rings. The van der Waals surface area contributed by atoms with Gasteiger partial charge in [-0.25, -0.2) is 0 Å². The minimum atomic E-state index is 0.0731. The van der Waals surface area contributed by atoms with Crippen LogP contribution in [0.4, 0.5) is 0 Å². The third-order valence-corrected chi connectivity index (χ3v) is 3.74. The predicted molar refractivity (Wildman–Crippen MR) is 89.8 cm³/mol. The van der Waals surface area contributed by atoms with Crippen LogP contribution >= 0.6 is 0 Å². The van der Waals surface area contributed by atoms with Gasteiger partial charge in [0.1, 0.15) is 0 Å². The van der Waals surface area contributed by atoms with Gasteiger partial charge < -0.3 is 14.6 Å². The Balaban J connectivity index is 2.35. The van der Waals surface area contributed by atoms with Crippen LogP contribution in [0.3, 0.4) is 0 Å². The maximum Gasteiger partial charge on any atom is 0.186 e. The molecule has 0 bridgehead atoms. The zero-order valence-electron chi connectivity index (χ0n) is 13.8. The molecule has 0 saturated carbocycles. The average molecular weight is 300 g/mol. The Labute approximate surface area is 131 Å². The van der Waals surface area contributed by atoms with Crippen LogP contribution in [-0.2, 0) is 11.3 Å². The zero-order chi connectivity index (χ0) is 16.1. The predicted octanol–water partition coefficient (Wildman–Crippen LogP) is 2.50. The number of nitrogens with one attached hydrogen (secondary N) is 1. The van der Waals surface area contributed by atoms with Gasteiger partial charge in [-0.2, -0.15) is 0 Å². The second kappa shape index (κ2) is 7.38. The number of aryl methyl sites for hydroxylation is 3. The van der Waals surface area contributed by atoms with Crippen LogP contribution in [0.25, 0.3) is 5.69 Å². The highest BCUT2D eigenvalue weighted by Gasteiger charge is 2.08. The summed E-state index contributed by atoms with van der Waals surface area (Å²) in [6, 6.07) is 8.06. The standard InChI is InChI=1S/C18H24N2O2/c1-13-5-6-14(2)17(9-13)20-12-16(11-19-7-8-22-4)18(21)10-15(20)3/h5-6,9-10,12,19H,7-8,11H2,1-4H3. The van der Waals surface area contributed by atoms with E-state index in [1.807, 2.05) is 13.1 Å². The summed E-state index contributed by atoms with van der Waals surface area (Å²) < 4.78 is 7.10. The maximum absolute atomic E-state index is 12.2.